The Morgan fingerprint density at radius 1 is 1.42 bits per heavy atom. The predicted octanol–water partition coefficient (Wildman–Crippen LogP) is 2.18. The molecule has 102 valence electrons. The molecule has 2 rings (SSSR count). The van der Waals surface area contributed by atoms with Crippen LogP contribution in [-0.2, 0) is 0 Å². The van der Waals surface area contributed by atoms with Crippen molar-refractivity contribution in [1.29, 1.82) is 5.26 Å². The fourth-order valence-corrected chi connectivity index (χ4v) is 3.53. The van der Waals surface area contributed by atoms with E-state index in [1.807, 2.05) is 11.8 Å². The molecule has 1 heterocycles. The number of benzene rings is 1. The topological polar surface area (TPSA) is 30.3 Å². The molecule has 19 heavy (non-hydrogen) atoms. The Morgan fingerprint density at radius 2 is 2.16 bits per heavy atom. The van der Waals surface area contributed by atoms with Crippen LogP contribution in [0.3, 0.4) is 0 Å². The Labute approximate surface area is 118 Å². The van der Waals surface area contributed by atoms with Crippen LogP contribution in [0.4, 0.5) is 10.1 Å². The first-order valence-corrected chi connectivity index (χ1v) is 7.49. The van der Waals surface area contributed by atoms with Gasteiger partial charge in [0.15, 0.2) is 0 Å². The second-order valence-electron chi connectivity index (χ2n) is 4.98. The first-order chi connectivity index (χ1) is 9.06. The van der Waals surface area contributed by atoms with Crippen molar-refractivity contribution in [2.45, 2.75) is 11.3 Å². The van der Waals surface area contributed by atoms with Gasteiger partial charge in [-0.3, -0.25) is 0 Å². The highest BCUT2D eigenvalue weighted by Crippen LogP contribution is 2.30. The van der Waals surface area contributed by atoms with E-state index < -0.39 is 0 Å². The number of hydrogen-bond donors (Lipinski definition) is 0. The van der Waals surface area contributed by atoms with Crippen LogP contribution in [0.25, 0.3) is 0 Å². The molecule has 0 radical (unpaired) electrons. The lowest BCUT2D eigenvalue weighted by Crippen LogP contribution is -2.36. The van der Waals surface area contributed by atoms with E-state index in [4.69, 9.17) is 5.26 Å². The minimum absolute atomic E-state index is 0.356. The zero-order chi connectivity index (χ0) is 14.0. The molecule has 3 nitrogen and oxygen atoms in total. The molecule has 2 atom stereocenters. The number of hydrogen-bond acceptors (Lipinski definition) is 4. The average Bonchev–Trinajstić information content (AvgIpc) is 2.82. The van der Waals surface area contributed by atoms with E-state index in [0.29, 0.717) is 16.9 Å². The molecule has 1 aromatic carbocycles. The quantitative estimate of drug-likeness (QED) is 0.848. The van der Waals surface area contributed by atoms with Crippen LogP contribution in [0.2, 0.25) is 0 Å². The first kappa shape index (κ1) is 14.2. The monoisotopic (exact) mass is 279 g/mol. The van der Waals surface area contributed by atoms with Crippen LogP contribution < -0.4 is 4.90 Å². The summed E-state index contributed by atoms with van der Waals surface area (Å²) in [5.41, 5.74) is 1.26. The van der Waals surface area contributed by atoms with Gasteiger partial charge in [-0.25, -0.2) is 4.39 Å². The lowest BCUT2D eigenvalue weighted by Gasteiger charge is -2.23. The van der Waals surface area contributed by atoms with Gasteiger partial charge in [-0.1, -0.05) is 0 Å². The van der Waals surface area contributed by atoms with Crippen molar-refractivity contribution >= 4 is 17.4 Å². The molecule has 1 saturated heterocycles. The van der Waals surface area contributed by atoms with Crippen molar-refractivity contribution in [3.8, 4) is 6.07 Å². The molecular formula is C14H18FN3S. The lowest BCUT2D eigenvalue weighted by molar-refractivity contribution is 0.320. The van der Waals surface area contributed by atoms with E-state index in [1.54, 1.807) is 6.07 Å². The van der Waals surface area contributed by atoms with E-state index >= 15 is 0 Å². The highest BCUT2D eigenvalue weighted by molar-refractivity contribution is 7.99. The van der Waals surface area contributed by atoms with E-state index in [1.165, 1.54) is 12.1 Å². The van der Waals surface area contributed by atoms with E-state index in [-0.39, 0.29) is 5.82 Å². The summed E-state index contributed by atoms with van der Waals surface area (Å²) < 4.78 is 13.2. The van der Waals surface area contributed by atoms with Crippen molar-refractivity contribution in [3.05, 3.63) is 29.6 Å². The molecule has 1 aromatic rings. The van der Waals surface area contributed by atoms with Gasteiger partial charge in [0.2, 0.25) is 0 Å². The molecule has 5 heteroatoms. The van der Waals surface area contributed by atoms with Crippen molar-refractivity contribution < 1.29 is 4.39 Å². The maximum Gasteiger partial charge on any atom is 0.124 e. The third kappa shape index (κ3) is 2.85. The third-order valence-corrected chi connectivity index (χ3v) is 4.69. The molecule has 0 amide bonds. The van der Waals surface area contributed by atoms with Gasteiger partial charge in [-0.05, 0) is 38.6 Å². The van der Waals surface area contributed by atoms with Crippen molar-refractivity contribution in [1.82, 2.24) is 4.90 Å². The Morgan fingerprint density at radius 3 is 2.68 bits per heavy atom. The summed E-state index contributed by atoms with van der Waals surface area (Å²) in [5.74, 6) is -0.356. The highest BCUT2D eigenvalue weighted by atomic mass is 32.2. The van der Waals surface area contributed by atoms with Gasteiger partial charge < -0.3 is 9.80 Å². The normalized spacial score (nSPS) is 22.8. The van der Waals surface area contributed by atoms with Crippen LogP contribution in [0.5, 0.6) is 0 Å². The number of anilines is 1. The van der Waals surface area contributed by atoms with Crippen LogP contribution in [-0.4, -0.2) is 49.6 Å². The summed E-state index contributed by atoms with van der Waals surface area (Å²) in [7, 11) is 4.15. The third-order valence-electron chi connectivity index (χ3n) is 3.62. The maximum absolute atomic E-state index is 13.2. The summed E-state index contributed by atoms with van der Waals surface area (Å²) in [4.78, 5) is 4.40. The zero-order valence-electron chi connectivity index (χ0n) is 11.4. The molecule has 0 aliphatic carbocycles. The second kappa shape index (κ2) is 5.81. The smallest absolute Gasteiger partial charge is 0.124 e. The Bertz CT molecular complexity index is 498. The molecule has 0 aromatic heterocycles. The number of rotatable bonds is 3. The summed E-state index contributed by atoms with van der Waals surface area (Å²) in [6.45, 7) is 1.77. The largest absolute Gasteiger partial charge is 0.368 e. The summed E-state index contributed by atoms with van der Waals surface area (Å²) in [6.07, 6.45) is 2.11. The Hall–Kier alpha value is -1.25. The first-order valence-electron chi connectivity index (χ1n) is 6.20. The van der Waals surface area contributed by atoms with E-state index in [9.17, 15) is 4.39 Å². The summed E-state index contributed by atoms with van der Waals surface area (Å²) in [6, 6.07) is 6.99. The zero-order valence-corrected chi connectivity index (χ0v) is 12.2. The number of nitriles is 1. The summed E-state index contributed by atoms with van der Waals surface area (Å²) >= 11 is 1.84. The van der Waals surface area contributed by atoms with Gasteiger partial charge in [-0.15, -0.1) is 0 Å². The number of thioether (sulfide) groups is 1. The molecule has 0 N–H and O–H groups in total. The van der Waals surface area contributed by atoms with Crippen LogP contribution in [0.1, 0.15) is 5.56 Å². The highest BCUT2D eigenvalue weighted by Gasteiger charge is 2.34. The van der Waals surface area contributed by atoms with Gasteiger partial charge >= 0.3 is 0 Å². The van der Waals surface area contributed by atoms with Crippen LogP contribution in [0, 0.1) is 17.1 Å². The van der Waals surface area contributed by atoms with Gasteiger partial charge in [0.25, 0.3) is 0 Å². The minimum atomic E-state index is -0.356. The average molecular weight is 279 g/mol. The molecule has 0 spiro atoms. The number of nitrogens with zero attached hydrogens (tertiary/aromatic N) is 3. The van der Waals surface area contributed by atoms with Gasteiger partial charge in [0.05, 0.1) is 11.3 Å². The van der Waals surface area contributed by atoms with Crippen LogP contribution >= 0.6 is 11.8 Å². The SMILES string of the molecule is CS[C@@H]1CN(c2ccc(F)cc2C#N)C[C@H]1N(C)C. The number of halogens is 1. The fraction of sp³-hybridized carbons (Fsp3) is 0.500. The fourth-order valence-electron chi connectivity index (χ4n) is 2.55. The lowest BCUT2D eigenvalue weighted by atomic mass is 10.1. The van der Waals surface area contributed by atoms with Gasteiger partial charge in [-0.2, -0.15) is 17.0 Å². The maximum atomic E-state index is 13.2. The predicted molar refractivity (Wildman–Crippen MR) is 78.1 cm³/mol. The molecule has 1 aliphatic rings. The van der Waals surface area contributed by atoms with Crippen molar-refractivity contribution in [2.24, 2.45) is 0 Å². The molecular weight excluding hydrogens is 261 g/mol. The Kier molecular flexibility index (Phi) is 4.33. The van der Waals surface area contributed by atoms with Crippen molar-refractivity contribution in [3.63, 3.8) is 0 Å². The molecule has 1 aliphatic heterocycles. The van der Waals surface area contributed by atoms with Crippen molar-refractivity contribution in [2.75, 3.05) is 38.3 Å². The number of likely N-dealkylation sites (N-methyl/N-ethyl adjacent to an activating group) is 1. The summed E-state index contributed by atoms with van der Waals surface area (Å²) in [5, 5.41) is 9.65. The molecule has 0 bridgehead atoms. The van der Waals surface area contributed by atoms with E-state index in [2.05, 4.69) is 36.2 Å². The van der Waals surface area contributed by atoms with Gasteiger partial charge in [0, 0.05) is 24.4 Å². The second-order valence-corrected chi connectivity index (χ2v) is 6.06. The Balaban J connectivity index is 2.27. The van der Waals surface area contributed by atoms with Gasteiger partial charge in [0.1, 0.15) is 11.9 Å². The molecule has 0 saturated carbocycles. The van der Waals surface area contributed by atoms with E-state index in [0.717, 1.165) is 18.8 Å². The minimum Gasteiger partial charge on any atom is -0.368 e. The molecule has 1 fully saturated rings. The molecule has 0 unspecified atom stereocenters. The standard InChI is InChI=1S/C14H18FN3S/c1-17(2)13-8-18(9-14(13)19-3)12-5-4-11(15)6-10(12)7-16/h4-6,13-14H,8-9H2,1-3H3/t13-,14-/m1/s1. The van der Waals surface area contributed by atoms with Crippen LogP contribution in [0.15, 0.2) is 18.2 Å².